The predicted molar refractivity (Wildman–Crippen MR) is 440 cm³/mol. The fraction of sp³-hybridized carbons (Fsp3) is 0.125. The maximum absolute atomic E-state index is 7.10. The average molecular weight is 1350 g/mol. The van der Waals surface area contributed by atoms with Gasteiger partial charge in [-0.3, -0.25) is 0 Å². The van der Waals surface area contributed by atoms with E-state index in [1.54, 1.807) is 0 Å². The smallest absolute Gasteiger partial charge is 0.252 e. The minimum atomic E-state index is -3.20. The Morgan fingerprint density at radius 3 is 1.14 bits per heavy atom. The van der Waals surface area contributed by atoms with Crippen molar-refractivity contribution in [3.63, 3.8) is 0 Å². The maximum Gasteiger partial charge on any atom is 0.252 e. The first-order valence-corrected chi connectivity index (χ1v) is 38.2. The second kappa shape index (κ2) is 24.3. The van der Waals surface area contributed by atoms with Crippen LogP contribution in [0.3, 0.4) is 0 Å². The largest absolute Gasteiger partial charge is 0.456 e. The summed E-state index contributed by atoms with van der Waals surface area (Å²) in [7, 11) is -3.20. The molecule has 0 unspecified atom stereocenters. The summed E-state index contributed by atoms with van der Waals surface area (Å²) in [5.41, 5.74) is 24.4. The molecule has 2 aromatic heterocycles. The summed E-state index contributed by atoms with van der Waals surface area (Å²) in [6.07, 6.45) is 0. The molecule has 0 spiro atoms. The number of nitrogens with zero attached hydrogens (tertiary/aromatic N) is 3. The third-order valence-electron chi connectivity index (χ3n) is 21.9. The van der Waals surface area contributed by atoms with Gasteiger partial charge in [-0.15, -0.1) is 0 Å². The van der Waals surface area contributed by atoms with Crippen LogP contribution in [0, 0.1) is 0 Å². The zero-order chi connectivity index (χ0) is 70.1. The van der Waals surface area contributed by atoms with Crippen molar-refractivity contribution in [1.82, 2.24) is 0 Å². The average Bonchev–Trinajstić information content (AvgIpc) is 1.37. The minimum absolute atomic E-state index is 0.0456. The number of furan rings is 2. The van der Waals surface area contributed by atoms with E-state index in [-0.39, 0.29) is 23.0 Å². The number of para-hydroxylation sites is 2. The highest BCUT2D eigenvalue weighted by Crippen LogP contribution is 2.55. The number of benzene rings is 14. The van der Waals surface area contributed by atoms with Crippen molar-refractivity contribution >= 4 is 147 Å². The van der Waals surface area contributed by atoms with Crippen molar-refractivity contribution in [2.75, 3.05) is 14.7 Å². The molecule has 5 nitrogen and oxygen atoms in total. The second-order valence-corrected chi connectivity index (χ2v) is 35.0. The highest BCUT2D eigenvalue weighted by atomic mass is 28.3. The molecule has 2 aliphatic heterocycles. The summed E-state index contributed by atoms with van der Waals surface area (Å²) in [5.74, 6) is 0. The zero-order valence-corrected chi connectivity index (χ0v) is 60.8. The Bertz CT molecular complexity index is 5780. The van der Waals surface area contributed by atoms with Gasteiger partial charge in [0.15, 0.2) is 8.07 Å². The summed E-state index contributed by atoms with van der Waals surface area (Å²) in [5, 5.41) is 9.47. The zero-order valence-electron chi connectivity index (χ0n) is 59.8. The quantitative estimate of drug-likeness (QED) is 0.0953. The Labute approximate surface area is 605 Å². The van der Waals surface area contributed by atoms with E-state index in [1.807, 2.05) is 0 Å². The molecule has 0 saturated carbocycles. The molecule has 0 amide bonds. The molecule has 0 N–H and O–H groups in total. The molecule has 0 bridgehead atoms. The van der Waals surface area contributed by atoms with Crippen molar-refractivity contribution in [2.45, 2.75) is 78.6 Å². The molecule has 2 aliphatic rings. The Morgan fingerprint density at radius 1 is 0.301 bits per heavy atom. The summed E-state index contributed by atoms with van der Waals surface area (Å²) in [6, 6.07) is 121. The molecule has 0 radical (unpaired) electrons. The molecule has 0 atom stereocenters. The van der Waals surface area contributed by atoms with Crippen LogP contribution in [0.5, 0.6) is 0 Å². The van der Waals surface area contributed by atoms with Gasteiger partial charge in [0.2, 0.25) is 0 Å². The molecule has 498 valence electrons. The third kappa shape index (κ3) is 10.4. The Hall–Kier alpha value is -11.6. The normalized spacial score (nSPS) is 13.0. The summed E-state index contributed by atoms with van der Waals surface area (Å²) < 4.78 is 14.2. The molecule has 103 heavy (non-hydrogen) atoms. The van der Waals surface area contributed by atoms with Gasteiger partial charge < -0.3 is 23.5 Å². The minimum Gasteiger partial charge on any atom is -0.456 e. The van der Waals surface area contributed by atoms with Crippen molar-refractivity contribution in [3.8, 4) is 22.3 Å². The molecule has 18 rings (SSSR count). The molecular formula is C96H80BN3O2Si. The van der Waals surface area contributed by atoms with Crippen molar-refractivity contribution in [3.05, 3.63) is 338 Å². The van der Waals surface area contributed by atoms with Gasteiger partial charge in [-0.2, -0.15) is 0 Å². The van der Waals surface area contributed by atoms with Gasteiger partial charge in [0.25, 0.3) is 6.71 Å². The Morgan fingerprint density at radius 2 is 0.699 bits per heavy atom. The molecule has 7 heteroatoms. The number of hydrogen-bond donors (Lipinski definition) is 0. The number of hydrogen-bond acceptors (Lipinski definition) is 5. The summed E-state index contributed by atoms with van der Waals surface area (Å²) in [4.78, 5) is 7.82. The summed E-state index contributed by atoms with van der Waals surface area (Å²) in [6.45, 7) is 20.6. The van der Waals surface area contributed by atoms with Gasteiger partial charge in [0.1, 0.15) is 22.3 Å². The van der Waals surface area contributed by atoms with Gasteiger partial charge in [-0.1, -0.05) is 293 Å². The van der Waals surface area contributed by atoms with E-state index < -0.39 is 8.07 Å². The lowest BCUT2D eigenvalue weighted by Crippen LogP contribution is -2.75. The van der Waals surface area contributed by atoms with Crippen molar-refractivity contribution in [1.29, 1.82) is 0 Å². The van der Waals surface area contributed by atoms with Crippen LogP contribution in [-0.2, 0) is 16.2 Å². The van der Waals surface area contributed by atoms with E-state index in [2.05, 4.69) is 399 Å². The lowest BCUT2D eigenvalue weighted by Gasteiger charge is -2.46. The van der Waals surface area contributed by atoms with Crippen LogP contribution in [0.4, 0.5) is 51.2 Å². The van der Waals surface area contributed by atoms with Crippen LogP contribution < -0.4 is 51.8 Å². The Balaban J connectivity index is 1.03. The van der Waals surface area contributed by atoms with Gasteiger partial charge in [0.05, 0.1) is 22.1 Å². The van der Waals surface area contributed by atoms with Gasteiger partial charge in [0, 0.05) is 61.7 Å². The fourth-order valence-electron chi connectivity index (χ4n) is 16.8. The van der Waals surface area contributed by atoms with Crippen molar-refractivity contribution in [2.24, 2.45) is 0 Å². The topological polar surface area (TPSA) is 36.0 Å². The molecule has 4 heterocycles. The first-order valence-electron chi connectivity index (χ1n) is 36.2. The molecular weight excluding hydrogens is 1270 g/mol. The van der Waals surface area contributed by atoms with E-state index in [0.29, 0.717) is 0 Å². The number of anilines is 9. The van der Waals surface area contributed by atoms with E-state index >= 15 is 0 Å². The van der Waals surface area contributed by atoms with Gasteiger partial charge in [-0.25, -0.2) is 0 Å². The maximum atomic E-state index is 7.10. The monoisotopic (exact) mass is 1350 g/mol. The molecule has 0 saturated heterocycles. The van der Waals surface area contributed by atoms with Crippen LogP contribution in [0.2, 0.25) is 0 Å². The highest BCUT2D eigenvalue weighted by molar-refractivity contribution is 7.20. The first-order chi connectivity index (χ1) is 50.0. The van der Waals surface area contributed by atoms with Crippen molar-refractivity contribution < 1.29 is 8.83 Å². The van der Waals surface area contributed by atoms with Crippen LogP contribution in [0.1, 0.15) is 79.0 Å². The first kappa shape index (κ1) is 63.5. The fourth-order valence-corrected chi connectivity index (χ4v) is 21.6. The van der Waals surface area contributed by atoms with Crippen LogP contribution in [-0.4, -0.2) is 14.8 Å². The Kier molecular flexibility index (Phi) is 15.0. The number of fused-ring (bicyclic) bond motifs is 10. The van der Waals surface area contributed by atoms with E-state index in [9.17, 15) is 0 Å². The van der Waals surface area contributed by atoms with E-state index in [4.69, 9.17) is 8.83 Å². The summed E-state index contributed by atoms with van der Waals surface area (Å²) >= 11 is 0. The van der Waals surface area contributed by atoms with E-state index in [1.165, 1.54) is 53.8 Å². The molecule has 16 aromatic rings. The van der Waals surface area contributed by atoms with Crippen LogP contribution in [0.25, 0.3) is 66.1 Å². The van der Waals surface area contributed by atoms with Gasteiger partial charge >= 0.3 is 0 Å². The lowest BCUT2D eigenvalue weighted by molar-refractivity contribution is 0.590. The molecule has 0 aliphatic carbocycles. The molecule has 14 aromatic carbocycles. The van der Waals surface area contributed by atoms with Gasteiger partial charge in [-0.05, 0) is 172 Å². The van der Waals surface area contributed by atoms with Crippen LogP contribution in [0.15, 0.2) is 330 Å². The van der Waals surface area contributed by atoms with Crippen LogP contribution >= 0.6 is 0 Å². The standard InChI is InChI=1S/C96H80BN3O2Si/c1-94(2,3)65-43-47-68(48-44-65)98(69-49-45-66(46-50-69)95(4,5)6)70-51-55-79-82(61-70)100(93-76(64-31-17-11-18-32-64)54-58-88-90(93)78-40-26-28-42-86(78)102-88)84-60-67(96(7,8)9)59-83-91(84)97(79)80-62-74(103(71-33-19-12-20-34-71,72-35-21-13-22-36-72)73-37-23-14-24-38-73)52-56-81(80)99(83)92-75(63-29-15-10-16-30-63)53-57-87-89(92)77-39-25-27-41-85(77)101-87/h10-62H,1-9H3. The highest BCUT2D eigenvalue weighted by Gasteiger charge is 2.49. The third-order valence-corrected chi connectivity index (χ3v) is 26.6. The van der Waals surface area contributed by atoms with E-state index in [0.717, 1.165) is 117 Å². The molecule has 0 fully saturated rings. The second-order valence-electron chi connectivity index (χ2n) is 31.2. The predicted octanol–water partition coefficient (Wildman–Crippen LogP) is 21.6. The number of rotatable bonds is 11. The SMILES string of the molecule is CC(C)(C)c1ccc(N(c2ccc(C(C)(C)C)cc2)c2ccc3c(c2)N(c2c(-c4ccccc4)ccc4oc5ccccc5c24)c2cc(C(C)(C)C)cc4c2B3c2cc([Si](c3ccccc3)(c3ccccc3)c3ccccc3)ccc2N4c2c(-c3ccccc3)ccc3oc4ccccc4c23)cc1. The lowest BCUT2D eigenvalue weighted by atomic mass is 9.33.